The van der Waals surface area contributed by atoms with Gasteiger partial charge < -0.3 is 9.47 Å². The van der Waals surface area contributed by atoms with E-state index in [0.29, 0.717) is 0 Å². The van der Waals surface area contributed by atoms with Crippen LogP contribution < -0.4 is 0 Å². The lowest BCUT2D eigenvalue weighted by atomic mass is 10.1. The summed E-state index contributed by atoms with van der Waals surface area (Å²) in [5.74, 6) is -5.80. The maximum atomic E-state index is 12.7. The largest absolute Gasteiger partial charge is 0.453 e. The topological polar surface area (TPSA) is 76.4 Å². The van der Waals surface area contributed by atoms with Crippen LogP contribution in [0, 0.1) is 11.3 Å². The molecule has 0 N–H and O–H groups in total. The second kappa shape index (κ2) is 6.41. The van der Waals surface area contributed by atoms with Gasteiger partial charge in [-0.25, -0.2) is 8.42 Å². The van der Waals surface area contributed by atoms with E-state index < -0.39 is 52.1 Å². The third-order valence-corrected chi connectivity index (χ3v) is 4.72. The average molecular weight is 337 g/mol. The smallest absolute Gasteiger partial charge is 0.349 e. The summed E-state index contributed by atoms with van der Waals surface area (Å²) >= 11 is 0. The molecule has 0 amide bonds. The van der Waals surface area contributed by atoms with Gasteiger partial charge in [-0.3, -0.25) is 0 Å². The molecule has 1 aliphatic rings. The highest BCUT2D eigenvalue weighted by atomic mass is 32.2. The number of halogens is 5. The van der Waals surface area contributed by atoms with Crippen LogP contribution in [0.2, 0.25) is 0 Å². The normalized spacial score (nSPS) is 19.4. The first-order chi connectivity index (χ1) is 9.49. The molecule has 0 aromatic heterocycles. The molecule has 0 aliphatic carbocycles. The number of sulfone groups is 1. The fraction of sp³-hybridized carbons (Fsp3) is 0.900. The number of hydrogen-bond acceptors (Lipinski definition) is 5. The first-order valence-electron chi connectivity index (χ1n) is 5.78. The fourth-order valence-corrected chi connectivity index (χ4v) is 3.03. The Kier molecular flexibility index (Phi) is 5.51. The number of hydrogen-bond donors (Lipinski definition) is 0. The Labute approximate surface area is 117 Å². The first kappa shape index (κ1) is 18.1. The summed E-state index contributed by atoms with van der Waals surface area (Å²) in [6.07, 6.45) is -9.82. The Morgan fingerprint density at radius 3 is 2.14 bits per heavy atom. The van der Waals surface area contributed by atoms with Crippen molar-refractivity contribution in [3.63, 3.8) is 0 Å². The Morgan fingerprint density at radius 2 is 1.71 bits per heavy atom. The van der Waals surface area contributed by atoms with Gasteiger partial charge in [0.2, 0.25) is 0 Å². The second-order valence-corrected chi connectivity index (χ2v) is 6.59. The Morgan fingerprint density at radius 1 is 1.19 bits per heavy atom. The fourth-order valence-electron chi connectivity index (χ4n) is 1.59. The lowest BCUT2D eigenvalue weighted by Gasteiger charge is -2.21. The van der Waals surface area contributed by atoms with Crippen molar-refractivity contribution in [2.75, 3.05) is 19.0 Å². The molecule has 0 radical (unpaired) electrons. The van der Waals surface area contributed by atoms with Crippen LogP contribution in [-0.2, 0) is 19.3 Å². The van der Waals surface area contributed by atoms with Crippen LogP contribution in [0.1, 0.15) is 12.8 Å². The maximum Gasteiger partial charge on any atom is 0.453 e. The highest BCUT2D eigenvalue weighted by Gasteiger charge is 2.57. The third-order valence-electron chi connectivity index (χ3n) is 2.77. The summed E-state index contributed by atoms with van der Waals surface area (Å²) < 4.78 is 94.7. The molecule has 122 valence electrons. The minimum atomic E-state index is -5.78. The molecule has 1 rings (SSSR count). The molecule has 1 aliphatic heterocycles. The number of nitriles is 1. The van der Waals surface area contributed by atoms with Gasteiger partial charge in [0.15, 0.2) is 16.1 Å². The van der Waals surface area contributed by atoms with Crippen LogP contribution in [0.5, 0.6) is 0 Å². The molecule has 1 saturated heterocycles. The zero-order valence-electron chi connectivity index (χ0n) is 10.6. The molecule has 5 nitrogen and oxygen atoms in total. The molecule has 11 heteroatoms. The summed E-state index contributed by atoms with van der Waals surface area (Å²) in [7, 11) is -4.24. The molecular weight excluding hydrogens is 325 g/mol. The summed E-state index contributed by atoms with van der Waals surface area (Å²) in [5.41, 5.74) is 0. The zero-order valence-corrected chi connectivity index (χ0v) is 11.4. The monoisotopic (exact) mass is 337 g/mol. The molecule has 21 heavy (non-hydrogen) atoms. The van der Waals surface area contributed by atoms with Gasteiger partial charge in [-0.05, 0) is 6.42 Å². The van der Waals surface area contributed by atoms with Crippen molar-refractivity contribution >= 4 is 9.84 Å². The van der Waals surface area contributed by atoms with Crippen LogP contribution in [0.25, 0.3) is 0 Å². The predicted octanol–water partition coefficient (Wildman–Crippen LogP) is 1.64. The van der Waals surface area contributed by atoms with E-state index in [4.69, 9.17) is 14.7 Å². The molecule has 0 spiro atoms. The number of alkyl halides is 5. The number of nitrogens with zero attached hydrogens (tertiary/aromatic N) is 1. The van der Waals surface area contributed by atoms with Gasteiger partial charge in [-0.15, -0.1) is 0 Å². The molecule has 1 atom stereocenters. The molecule has 1 unspecified atom stereocenters. The summed E-state index contributed by atoms with van der Waals surface area (Å²) in [6.45, 7) is 0.285. The van der Waals surface area contributed by atoms with Gasteiger partial charge in [0.1, 0.15) is 11.0 Å². The lowest BCUT2D eigenvalue weighted by Crippen LogP contribution is -2.38. The quantitative estimate of drug-likeness (QED) is 0.689. The maximum absolute atomic E-state index is 12.7. The highest BCUT2D eigenvalue weighted by molar-refractivity contribution is 7.92. The van der Waals surface area contributed by atoms with Crippen molar-refractivity contribution in [3.8, 4) is 6.07 Å². The van der Waals surface area contributed by atoms with E-state index in [0.717, 1.165) is 0 Å². The van der Waals surface area contributed by atoms with Crippen molar-refractivity contribution in [2.45, 2.75) is 36.5 Å². The average Bonchev–Trinajstić information content (AvgIpc) is 2.79. The van der Waals surface area contributed by atoms with E-state index >= 15 is 0 Å². The van der Waals surface area contributed by atoms with E-state index in [1.807, 2.05) is 0 Å². The zero-order chi connectivity index (χ0) is 16.3. The Balaban J connectivity index is 2.68. The van der Waals surface area contributed by atoms with Crippen molar-refractivity contribution in [1.82, 2.24) is 0 Å². The van der Waals surface area contributed by atoms with Crippen molar-refractivity contribution < 1.29 is 39.8 Å². The molecule has 0 bridgehead atoms. The summed E-state index contributed by atoms with van der Waals surface area (Å²) in [5, 5.41) is 6.72. The SMILES string of the molecule is N#CC(CCC(F)(F)C(F)(F)F)S(=O)(=O)CC1OCCO1. The van der Waals surface area contributed by atoms with E-state index in [1.165, 1.54) is 6.07 Å². The lowest BCUT2D eigenvalue weighted by molar-refractivity contribution is -0.284. The minimum absolute atomic E-state index is 0.142. The first-order valence-corrected chi connectivity index (χ1v) is 7.50. The minimum Gasteiger partial charge on any atom is -0.349 e. The van der Waals surface area contributed by atoms with Gasteiger partial charge in [-0.1, -0.05) is 0 Å². The molecule has 1 fully saturated rings. The van der Waals surface area contributed by atoms with Gasteiger partial charge in [-0.2, -0.15) is 27.2 Å². The third kappa shape index (κ3) is 4.76. The summed E-state index contributed by atoms with van der Waals surface area (Å²) in [4.78, 5) is 0. The van der Waals surface area contributed by atoms with Crippen LogP contribution in [-0.4, -0.2) is 51.0 Å². The molecule has 0 aromatic rings. The van der Waals surface area contributed by atoms with Crippen molar-refractivity contribution in [2.24, 2.45) is 0 Å². The molecule has 0 aromatic carbocycles. The van der Waals surface area contributed by atoms with Crippen LogP contribution in [0.15, 0.2) is 0 Å². The van der Waals surface area contributed by atoms with Gasteiger partial charge in [0.25, 0.3) is 0 Å². The predicted molar refractivity (Wildman–Crippen MR) is 59.1 cm³/mol. The van der Waals surface area contributed by atoms with E-state index in [1.54, 1.807) is 0 Å². The molecule has 0 saturated carbocycles. The number of ether oxygens (including phenoxy) is 2. The Hall–Kier alpha value is -0.990. The Bertz CT molecular complexity index is 493. The summed E-state index contributed by atoms with van der Waals surface area (Å²) in [6, 6.07) is 1.24. The molecular formula is C10H12F5NO4S. The van der Waals surface area contributed by atoms with Gasteiger partial charge in [0.05, 0.1) is 19.3 Å². The van der Waals surface area contributed by atoms with Crippen molar-refractivity contribution in [1.29, 1.82) is 5.26 Å². The van der Waals surface area contributed by atoms with Crippen molar-refractivity contribution in [3.05, 3.63) is 0 Å². The van der Waals surface area contributed by atoms with Crippen LogP contribution >= 0.6 is 0 Å². The van der Waals surface area contributed by atoms with Gasteiger partial charge >= 0.3 is 12.1 Å². The van der Waals surface area contributed by atoms with Gasteiger partial charge in [0, 0.05) is 6.42 Å². The highest BCUT2D eigenvalue weighted by Crippen LogP contribution is 2.39. The van der Waals surface area contributed by atoms with E-state index in [9.17, 15) is 30.4 Å². The standard InChI is InChI=1S/C10H12F5NO4S/c11-9(12,10(13,14)15)2-1-7(5-16)21(17,18)6-8-19-3-4-20-8/h7-8H,1-4,6H2. The molecule has 1 heterocycles. The van der Waals surface area contributed by atoms with E-state index in [-0.39, 0.29) is 13.2 Å². The van der Waals surface area contributed by atoms with Crippen LogP contribution in [0.3, 0.4) is 0 Å². The second-order valence-electron chi connectivity index (χ2n) is 4.36. The number of rotatable bonds is 6. The van der Waals surface area contributed by atoms with E-state index in [2.05, 4.69) is 0 Å². The van der Waals surface area contributed by atoms with Crippen LogP contribution in [0.4, 0.5) is 22.0 Å².